The van der Waals surface area contributed by atoms with Gasteiger partial charge in [0, 0.05) is 11.6 Å². The second-order valence-corrected chi connectivity index (χ2v) is 5.27. The van der Waals surface area contributed by atoms with E-state index >= 15 is 0 Å². The molecule has 114 valence electrons. The molecule has 1 aromatic rings. The van der Waals surface area contributed by atoms with Crippen molar-refractivity contribution >= 4 is 12.0 Å². The molecule has 0 saturated heterocycles. The van der Waals surface area contributed by atoms with Gasteiger partial charge in [-0.2, -0.15) is 0 Å². The van der Waals surface area contributed by atoms with Crippen LogP contribution in [0.25, 0.3) is 6.08 Å². The SMILES string of the molecule is CCOc1ccccc1/C=C/C(=O)N[C@@H]1CCCC[C@H]1O. The van der Waals surface area contributed by atoms with Gasteiger partial charge in [-0.1, -0.05) is 31.0 Å². The second-order valence-electron chi connectivity index (χ2n) is 5.27. The molecule has 2 rings (SSSR count). The molecule has 0 bridgehead atoms. The van der Waals surface area contributed by atoms with Gasteiger partial charge in [0.15, 0.2) is 0 Å². The molecule has 4 nitrogen and oxygen atoms in total. The van der Waals surface area contributed by atoms with Gasteiger partial charge >= 0.3 is 0 Å². The van der Waals surface area contributed by atoms with Gasteiger partial charge in [0.25, 0.3) is 0 Å². The van der Waals surface area contributed by atoms with Crippen LogP contribution in [0.5, 0.6) is 5.75 Å². The van der Waals surface area contributed by atoms with Gasteiger partial charge in [0.2, 0.25) is 5.91 Å². The smallest absolute Gasteiger partial charge is 0.244 e. The highest BCUT2D eigenvalue weighted by Gasteiger charge is 2.23. The first-order chi connectivity index (χ1) is 10.2. The molecule has 2 N–H and O–H groups in total. The fourth-order valence-electron chi connectivity index (χ4n) is 2.58. The molecular formula is C17H23NO3. The third kappa shape index (κ3) is 4.60. The lowest BCUT2D eigenvalue weighted by molar-refractivity contribution is -0.118. The summed E-state index contributed by atoms with van der Waals surface area (Å²) in [6.45, 7) is 2.52. The number of benzene rings is 1. The summed E-state index contributed by atoms with van der Waals surface area (Å²) in [5, 5.41) is 12.7. The van der Waals surface area contributed by atoms with E-state index < -0.39 is 6.10 Å². The third-order valence-corrected chi connectivity index (χ3v) is 3.69. The van der Waals surface area contributed by atoms with Crippen LogP contribution >= 0.6 is 0 Å². The number of amides is 1. The lowest BCUT2D eigenvalue weighted by Gasteiger charge is -2.27. The number of hydrogen-bond donors (Lipinski definition) is 2. The Labute approximate surface area is 125 Å². The molecule has 1 fully saturated rings. The molecule has 1 amide bonds. The number of rotatable bonds is 5. The van der Waals surface area contributed by atoms with E-state index in [1.165, 1.54) is 6.08 Å². The van der Waals surface area contributed by atoms with Gasteiger partial charge < -0.3 is 15.2 Å². The summed E-state index contributed by atoms with van der Waals surface area (Å²) in [4.78, 5) is 11.9. The van der Waals surface area contributed by atoms with Crippen LogP contribution in [-0.2, 0) is 4.79 Å². The number of para-hydroxylation sites is 1. The molecule has 1 aliphatic carbocycles. The number of ether oxygens (including phenoxy) is 1. The third-order valence-electron chi connectivity index (χ3n) is 3.69. The molecule has 0 aliphatic heterocycles. The molecule has 4 heteroatoms. The zero-order chi connectivity index (χ0) is 15.1. The van der Waals surface area contributed by atoms with Crippen LogP contribution in [0.4, 0.5) is 0 Å². The number of hydrogen-bond acceptors (Lipinski definition) is 3. The van der Waals surface area contributed by atoms with Crippen LogP contribution in [0.15, 0.2) is 30.3 Å². The summed E-state index contributed by atoms with van der Waals surface area (Å²) < 4.78 is 5.51. The van der Waals surface area contributed by atoms with Crippen LogP contribution in [0.1, 0.15) is 38.2 Å². The Bertz CT molecular complexity index is 499. The van der Waals surface area contributed by atoms with Crippen molar-refractivity contribution in [2.75, 3.05) is 6.61 Å². The molecule has 21 heavy (non-hydrogen) atoms. The molecule has 1 saturated carbocycles. The van der Waals surface area contributed by atoms with Gasteiger partial charge in [-0.3, -0.25) is 4.79 Å². The predicted molar refractivity (Wildman–Crippen MR) is 83.1 cm³/mol. The quantitative estimate of drug-likeness (QED) is 0.819. The summed E-state index contributed by atoms with van der Waals surface area (Å²) in [6, 6.07) is 7.47. The minimum Gasteiger partial charge on any atom is -0.493 e. The summed E-state index contributed by atoms with van der Waals surface area (Å²) in [6.07, 6.45) is 6.52. The molecule has 0 unspecified atom stereocenters. The highest BCUT2D eigenvalue weighted by molar-refractivity contribution is 5.92. The number of carbonyl (C=O) groups is 1. The number of nitrogens with one attached hydrogen (secondary N) is 1. The Morgan fingerprint density at radius 2 is 2.14 bits per heavy atom. The zero-order valence-corrected chi connectivity index (χ0v) is 12.4. The van der Waals surface area contributed by atoms with Gasteiger partial charge in [-0.25, -0.2) is 0 Å². The first-order valence-electron chi connectivity index (χ1n) is 7.59. The number of aliphatic hydroxyl groups excluding tert-OH is 1. The average molecular weight is 289 g/mol. The Kier molecular flexibility index (Phi) is 5.81. The van der Waals surface area contributed by atoms with Gasteiger partial charge in [-0.05, 0) is 31.9 Å². The number of carbonyl (C=O) groups excluding carboxylic acids is 1. The van der Waals surface area contributed by atoms with Gasteiger partial charge in [0.1, 0.15) is 5.75 Å². The monoisotopic (exact) mass is 289 g/mol. The summed E-state index contributed by atoms with van der Waals surface area (Å²) in [5.41, 5.74) is 0.874. The molecule has 1 aromatic carbocycles. The van der Waals surface area contributed by atoms with Crippen LogP contribution in [-0.4, -0.2) is 29.8 Å². The first kappa shape index (κ1) is 15.6. The van der Waals surface area contributed by atoms with E-state index in [-0.39, 0.29) is 11.9 Å². The minimum absolute atomic E-state index is 0.127. The van der Waals surface area contributed by atoms with Crippen molar-refractivity contribution in [1.82, 2.24) is 5.32 Å². The van der Waals surface area contributed by atoms with Crippen molar-refractivity contribution in [2.24, 2.45) is 0 Å². The van der Waals surface area contributed by atoms with Crippen molar-refractivity contribution in [3.63, 3.8) is 0 Å². The van der Waals surface area contributed by atoms with E-state index in [0.717, 1.165) is 37.0 Å². The lowest BCUT2D eigenvalue weighted by atomic mass is 9.92. The van der Waals surface area contributed by atoms with Crippen molar-refractivity contribution in [3.8, 4) is 5.75 Å². The van der Waals surface area contributed by atoms with Crippen LogP contribution < -0.4 is 10.1 Å². The van der Waals surface area contributed by atoms with Gasteiger partial charge in [-0.15, -0.1) is 0 Å². The Balaban J connectivity index is 1.95. The van der Waals surface area contributed by atoms with Crippen LogP contribution in [0.2, 0.25) is 0 Å². The molecule has 0 aromatic heterocycles. The standard InChI is InChI=1S/C17H23NO3/c1-2-21-16-10-6-3-7-13(16)11-12-17(20)18-14-8-4-5-9-15(14)19/h3,6-7,10-12,14-15,19H,2,4-5,8-9H2,1H3,(H,18,20)/b12-11+/t14-,15-/m1/s1. The van der Waals surface area contributed by atoms with Crippen molar-refractivity contribution in [3.05, 3.63) is 35.9 Å². The molecule has 0 radical (unpaired) electrons. The van der Waals surface area contributed by atoms with E-state index in [1.54, 1.807) is 6.08 Å². The van der Waals surface area contributed by atoms with E-state index in [1.807, 2.05) is 31.2 Å². The van der Waals surface area contributed by atoms with Gasteiger partial charge in [0.05, 0.1) is 18.8 Å². The largest absolute Gasteiger partial charge is 0.493 e. The fraction of sp³-hybridized carbons (Fsp3) is 0.471. The van der Waals surface area contributed by atoms with E-state index in [2.05, 4.69) is 5.32 Å². The summed E-state index contributed by atoms with van der Waals surface area (Å²) >= 11 is 0. The topological polar surface area (TPSA) is 58.6 Å². The summed E-state index contributed by atoms with van der Waals surface area (Å²) in [5.74, 6) is 0.592. The molecular weight excluding hydrogens is 266 g/mol. The van der Waals surface area contributed by atoms with Crippen LogP contribution in [0, 0.1) is 0 Å². The van der Waals surface area contributed by atoms with E-state index in [4.69, 9.17) is 4.74 Å². The number of aliphatic hydroxyl groups is 1. The first-order valence-corrected chi connectivity index (χ1v) is 7.59. The van der Waals surface area contributed by atoms with Crippen molar-refractivity contribution < 1.29 is 14.6 Å². The lowest BCUT2D eigenvalue weighted by Crippen LogP contribution is -2.44. The molecule has 0 heterocycles. The van der Waals surface area contributed by atoms with E-state index in [9.17, 15) is 9.90 Å². The van der Waals surface area contributed by atoms with Crippen molar-refractivity contribution in [2.45, 2.75) is 44.8 Å². The van der Waals surface area contributed by atoms with Crippen molar-refractivity contribution in [1.29, 1.82) is 0 Å². The van der Waals surface area contributed by atoms with E-state index in [0.29, 0.717) is 6.61 Å². The Morgan fingerprint density at radius 3 is 2.90 bits per heavy atom. The molecule has 1 aliphatic rings. The maximum absolute atomic E-state index is 11.9. The summed E-state index contributed by atoms with van der Waals surface area (Å²) in [7, 11) is 0. The average Bonchev–Trinajstić information content (AvgIpc) is 2.49. The maximum Gasteiger partial charge on any atom is 0.244 e. The Hall–Kier alpha value is -1.81. The second kappa shape index (κ2) is 7.84. The molecule has 2 atom stereocenters. The fourth-order valence-corrected chi connectivity index (χ4v) is 2.58. The minimum atomic E-state index is -0.424. The highest BCUT2D eigenvalue weighted by Crippen LogP contribution is 2.20. The normalized spacial score (nSPS) is 22.2. The maximum atomic E-state index is 11.9. The molecule has 0 spiro atoms. The predicted octanol–water partition coefficient (Wildman–Crippen LogP) is 2.52. The highest BCUT2D eigenvalue weighted by atomic mass is 16.5. The zero-order valence-electron chi connectivity index (χ0n) is 12.4. The Morgan fingerprint density at radius 1 is 1.38 bits per heavy atom. The van der Waals surface area contributed by atoms with Crippen LogP contribution in [0.3, 0.4) is 0 Å².